The number of nitrogens with one attached hydrogen (secondary N) is 2. The molecule has 6 nitrogen and oxygen atoms in total. The Morgan fingerprint density at radius 1 is 1.27 bits per heavy atom. The fourth-order valence-electron chi connectivity index (χ4n) is 3.10. The summed E-state index contributed by atoms with van der Waals surface area (Å²) in [6.07, 6.45) is 3.81. The molecule has 0 radical (unpaired) electrons. The maximum absolute atomic E-state index is 9.59. The summed E-state index contributed by atoms with van der Waals surface area (Å²) in [7, 11) is 0. The van der Waals surface area contributed by atoms with Crippen molar-refractivity contribution in [1.29, 1.82) is 0 Å². The average molecular weight is 371 g/mol. The molecule has 3 aromatic rings. The SMILES string of the molecule is Oc1ccc(Nc2ncnc3cccc(OC[C@H]4CCCN4)c23)cc1Cl. The van der Waals surface area contributed by atoms with Crippen LogP contribution in [0.2, 0.25) is 5.02 Å². The van der Waals surface area contributed by atoms with E-state index in [0.29, 0.717) is 18.5 Å². The number of hydrogen-bond acceptors (Lipinski definition) is 6. The Morgan fingerprint density at radius 3 is 3.00 bits per heavy atom. The van der Waals surface area contributed by atoms with E-state index < -0.39 is 0 Å². The molecule has 1 aromatic heterocycles. The van der Waals surface area contributed by atoms with Gasteiger partial charge in [0.15, 0.2) is 0 Å². The van der Waals surface area contributed by atoms with E-state index in [1.807, 2.05) is 18.2 Å². The third-order valence-electron chi connectivity index (χ3n) is 4.44. The number of rotatable bonds is 5. The normalized spacial score (nSPS) is 16.7. The topological polar surface area (TPSA) is 79.3 Å². The first kappa shape index (κ1) is 16.9. The highest BCUT2D eigenvalue weighted by Gasteiger charge is 2.16. The van der Waals surface area contributed by atoms with Crippen LogP contribution in [0.1, 0.15) is 12.8 Å². The second kappa shape index (κ2) is 7.35. The quantitative estimate of drug-likeness (QED) is 0.592. The van der Waals surface area contributed by atoms with Crippen LogP contribution in [0.3, 0.4) is 0 Å². The molecule has 0 bridgehead atoms. The summed E-state index contributed by atoms with van der Waals surface area (Å²) in [4.78, 5) is 8.71. The van der Waals surface area contributed by atoms with Gasteiger partial charge in [0.05, 0.1) is 15.9 Å². The van der Waals surface area contributed by atoms with Crippen molar-refractivity contribution in [2.75, 3.05) is 18.5 Å². The van der Waals surface area contributed by atoms with E-state index in [0.717, 1.165) is 35.3 Å². The summed E-state index contributed by atoms with van der Waals surface area (Å²) in [5.74, 6) is 1.41. The van der Waals surface area contributed by atoms with E-state index in [4.69, 9.17) is 16.3 Å². The highest BCUT2D eigenvalue weighted by Crippen LogP contribution is 2.33. The van der Waals surface area contributed by atoms with E-state index in [2.05, 4.69) is 20.6 Å². The van der Waals surface area contributed by atoms with E-state index >= 15 is 0 Å². The molecule has 1 fully saturated rings. The van der Waals surface area contributed by atoms with Gasteiger partial charge >= 0.3 is 0 Å². The molecule has 1 aliphatic heterocycles. The van der Waals surface area contributed by atoms with Crippen molar-refractivity contribution in [2.24, 2.45) is 0 Å². The van der Waals surface area contributed by atoms with E-state index in [-0.39, 0.29) is 10.8 Å². The molecule has 1 atom stereocenters. The molecule has 1 saturated heterocycles. The number of benzene rings is 2. The smallest absolute Gasteiger partial charge is 0.145 e. The summed E-state index contributed by atoms with van der Waals surface area (Å²) in [6, 6.07) is 11.1. The Balaban J connectivity index is 1.66. The van der Waals surface area contributed by atoms with Crippen LogP contribution in [0.4, 0.5) is 11.5 Å². The third kappa shape index (κ3) is 3.52. The standard InChI is InChI=1S/C19H19ClN4O2/c20-14-9-12(6-7-16(14)25)24-19-18-15(22-11-23-19)4-1-5-17(18)26-10-13-3-2-8-21-13/h1,4-7,9,11,13,21,25H,2-3,8,10H2,(H,22,23,24)/t13-/m1/s1. The predicted molar refractivity (Wildman–Crippen MR) is 102 cm³/mol. The van der Waals surface area contributed by atoms with Crippen LogP contribution in [0.5, 0.6) is 11.5 Å². The molecule has 4 rings (SSSR count). The minimum Gasteiger partial charge on any atom is -0.506 e. The number of nitrogens with zero attached hydrogens (tertiary/aromatic N) is 2. The first-order chi connectivity index (χ1) is 12.7. The van der Waals surface area contributed by atoms with Gasteiger partial charge in [-0.1, -0.05) is 17.7 Å². The molecular formula is C19H19ClN4O2. The number of aromatic hydroxyl groups is 1. The summed E-state index contributed by atoms with van der Waals surface area (Å²) < 4.78 is 6.08. The maximum atomic E-state index is 9.59. The van der Waals surface area contributed by atoms with Gasteiger partial charge in [0.25, 0.3) is 0 Å². The minimum absolute atomic E-state index is 0.0397. The lowest BCUT2D eigenvalue weighted by Gasteiger charge is -2.15. The molecule has 2 aromatic carbocycles. The number of hydrogen-bond donors (Lipinski definition) is 3. The fraction of sp³-hybridized carbons (Fsp3) is 0.263. The number of phenolic OH excluding ortho intramolecular Hbond substituents is 1. The van der Waals surface area contributed by atoms with Gasteiger partial charge in [-0.25, -0.2) is 9.97 Å². The zero-order valence-electron chi connectivity index (χ0n) is 14.1. The molecule has 0 spiro atoms. The van der Waals surface area contributed by atoms with Crippen molar-refractivity contribution in [3.8, 4) is 11.5 Å². The van der Waals surface area contributed by atoms with E-state index in [1.165, 1.54) is 18.8 Å². The van der Waals surface area contributed by atoms with Crippen LogP contribution in [-0.4, -0.2) is 34.3 Å². The summed E-state index contributed by atoms with van der Waals surface area (Å²) in [6.45, 7) is 1.65. The second-order valence-electron chi connectivity index (χ2n) is 6.27. The number of fused-ring (bicyclic) bond motifs is 1. The molecule has 0 aliphatic carbocycles. The third-order valence-corrected chi connectivity index (χ3v) is 4.74. The second-order valence-corrected chi connectivity index (χ2v) is 6.68. The summed E-state index contributed by atoms with van der Waals surface area (Å²) in [5, 5.41) is 17.4. The van der Waals surface area contributed by atoms with E-state index in [1.54, 1.807) is 12.1 Å². The van der Waals surface area contributed by atoms with Crippen LogP contribution >= 0.6 is 11.6 Å². The van der Waals surface area contributed by atoms with Crippen molar-refractivity contribution in [3.05, 3.63) is 47.7 Å². The minimum atomic E-state index is 0.0397. The molecule has 134 valence electrons. The van der Waals surface area contributed by atoms with Crippen molar-refractivity contribution in [2.45, 2.75) is 18.9 Å². The number of ether oxygens (including phenoxy) is 1. The number of aromatic nitrogens is 2. The molecule has 26 heavy (non-hydrogen) atoms. The Labute approximate surface area is 156 Å². The molecule has 2 heterocycles. The summed E-state index contributed by atoms with van der Waals surface area (Å²) >= 11 is 6.00. The van der Waals surface area contributed by atoms with Crippen LogP contribution < -0.4 is 15.4 Å². The van der Waals surface area contributed by atoms with Crippen LogP contribution in [0, 0.1) is 0 Å². The lowest BCUT2D eigenvalue weighted by Crippen LogP contribution is -2.28. The van der Waals surface area contributed by atoms with Gasteiger partial charge in [-0.2, -0.15) is 0 Å². The lowest BCUT2D eigenvalue weighted by molar-refractivity contribution is 0.280. The Hall–Kier alpha value is -2.57. The molecule has 1 aliphatic rings. The van der Waals surface area contributed by atoms with Crippen molar-refractivity contribution >= 4 is 34.0 Å². The van der Waals surface area contributed by atoms with Gasteiger partial charge in [-0.15, -0.1) is 0 Å². The van der Waals surface area contributed by atoms with Crippen LogP contribution in [0.25, 0.3) is 10.9 Å². The largest absolute Gasteiger partial charge is 0.506 e. The van der Waals surface area contributed by atoms with Gasteiger partial charge in [-0.05, 0) is 49.7 Å². The lowest BCUT2D eigenvalue weighted by atomic mass is 10.2. The molecular weight excluding hydrogens is 352 g/mol. The molecule has 7 heteroatoms. The zero-order valence-corrected chi connectivity index (χ0v) is 14.8. The van der Waals surface area contributed by atoms with Gasteiger partial charge in [-0.3, -0.25) is 0 Å². The monoisotopic (exact) mass is 370 g/mol. The average Bonchev–Trinajstić information content (AvgIpc) is 3.17. The molecule has 3 N–H and O–H groups in total. The zero-order chi connectivity index (χ0) is 17.9. The molecule has 0 saturated carbocycles. The van der Waals surface area contributed by atoms with Gasteiger partial charge < -0.3 is 20.5 Å². The Morgan fingerprint density at radius 2 is 2.19 bits per heavy atom. The van der Waals surface area contributed by atoms with Crippen molar-refractivity contribution in [1.82, 2.24) is 15.3 Å². The van der Waals surface area contributed by atoms with Crippen molar-refractivity contribution in [3.63, 3.8) is 0 Å². The highest BCUT2D eigenvalue weighted by molar-refractivity contribution is 6.32. The number of phenols is 1. The molecule has 0 amide bonds. The first-order valence-electron chi connectivity index (χ1n) is 8.56. The maximum Gasteiger partial charge on any atom is 0.145 e. The molecule has 0 unspecified atom stereocenters. The number of halogens is 1. The van der Waals surface area contributed by atoms with Crippen molar-refractivity contribution < 1.29 is 9.84 Å². The van der Waals surface area contributed by atoms with E-state index in [9.17, 15) is 5.11 Å². The summed E-state index contributed by atoms with van der Waals surface area (Å²) in [5.41, 5.74) is 1.52. The Kier molecular flexibility index (Phi) is 4.77. The van der Waals surface area contributed by atoms with Gasteiger partial charge in [0.2, 0.25) is 0 Å². The number of anilines is 2. The fourth-order valence-corrected chi connectivity index (χ4v) is 3.28. The predicted octanol–water partition coefficient (Wildman–Crippen LogP) is 3.86. The van der Waals surface area contributed by atoms with Gasteiger partial charge in [0.1, 0.15) is 30.3 Å². The highest BCUT2D eigenvalue weighted by atomic mass is 35.5. The Bertz CT molecular complexity index is 923. The first-order valence-corrected chi connectivity index (χ1v) is 8.94. The van der Waals surface area contributed by atoms with Crippen LogP contribution in [-0.2, 0) is 0 Å². The van der Waals surface area contributed by atoms with Gasteiger partial charge in [0, 0.05) is 11.7 Å². The van der Waals surface area contributed by atoms with Crippen LogP contribution in [0.15, 0.2) is 42.7 Å².